The van der Waals surface area contributed by atoms with Gasteiger partial charge in [-0.15, -0.1) is 0 Å². The number of nitrogens with zero attached hydrogens (tertiary/aromatic N) is 1. The van der Waals surface area contributed by atoms with E-state index in [0.717, 1.165) is 12.2 Å². The van der Waals surface area contributed by atoms with E-state index >= 15 is 0 Å². The molecular weight excluding hydrogens is 212 g/mol. The lowest BCUT2D eigenvalue weighted by Gasteiger charge is -2.35. The second kappa shape index (κ2) is 6.12. The number of hydrogen-bond donors (Lipinski definition) is 1. The molecule has 0 aromatic carbocycles. The van der Waals surface area contributed by atoms with E-state index < -0.39 is 0 Å². The first-order chi connectivity index (χ1) is 8.01. The number of rotatable bonds is 6. The molecule has 0 aliphatic carbocycles. The summed E-state index contributed by atoms with van der Waals surface area (Å²) in [5.41, 5.74) is 1.98. The van der Waals surface area contributed by atoms with Crippen LogP contribution in [0.4, 0.5) is 0 Å². The third kappa shape index (κ3) is 3.79. The molecule has 96 valence electrons. The Hall–Kier alpha value is -0.930. The SMILES string of the molecule is CCNC(c1ccc(C)nc1)C(C)(C)OCC. The molecule has 17 heavy (non-hydrogen) atoms. The van der Waals surface area contributed by atoms with Crippen LogP contribution in [0, 0.1) is 6.92 Å². The lowest BCUT2D eigenvalue weighted by atomic mass is 9.92. The van der Waals surface area contributed by atoms with Gasteiger partial charge in [0.2, 0.25) is 0 Å². The fourth-order valence-electron chi connectivity index (χ4n) is 2.07. The second-order valence-corrected chi connectivity index (χ2v) is 4.76. The predicted octanol–water partition coefficient (Wildman–Crippen LogP) is 2.86. The zero-order valence-corrected chi connectivity index (χ0v) is 11.6. The highest BCUT2D eigenvalue weighted by Gasteiger charge is 2.30. The Labute approximate surface area is 105 Å². The van der Waals surface area contributed by atoms with Crippen LogP contribution in [0.1, 0.15) is 45.0 Å². The number of likely N-dealkylation sites (N-methyl/N-ethyl adjacent to an activating group) is 1. The number of nitrogens with one attached hydrogen (secondary N) is 1. The molecule has 0 spiro atoms. The van der Waals surface area contributed by atoms with E-state index in [-0.39, 0.29) is 11.6 Å². The Morgan fingerprint density at radius 3 is 2.53 bits per heavy atom. The van der Waals surface area contributed by atoms with E-state index in [1.54, 1.807) is 0 Å². The van der Waals surface area contributed by atoms with Gasteiger partial charge in [-0.25, -0.2) is 0 Å². The van der Waals surface area contributed by atoms with Gasteiger partial charge in [-0.3, -0.25) is 4.98 Å². The number of pyridine rings is 1. The Balaban J connectivity index is 2.95. The maximum absolute atomic E-state index is 5.84. The van der Waals surface area contributed by atoms with Gasteiger partial charge in [0.15, 0.2) is 0 Å². The Bertz CT molecular complexity index is 333. The molecule has 1 aromatic rings. The van der Waals surface area contributed by atoms with Crippen LogP contribution in [0.15, 0.2) is 18.3 Å². The molecule has 1 unspecified atom stereocenters. The van der Waals surface area contributed by atoms with E-state index in [9.17, 15) is 0 Å². The van der Waals surface area contributed by atoms with Gasteiger partial charge in [0.25, 0.3) is 0 Å². The van der Waals surface area contributed by atoms with Crippen molar-refractivity contribution >= 4 is 0 Å². The highest BCUT2D eigenvalue weighted by molar-refractivity contribution is 5.20. The molecule has 0 fully saturated rings. The van der Waals surface area contributed by atoms with E-state index in [2.05, 4.69) is 37.1 Å². The fraction of sp³-hybridized carbons (Fsp3) is 0.643. The van der Waals surface area contributed by atoms with Crippen molar-refractivity contribution in [2.24, 2.45) is 0 Å². The fourth-order valence-corrected chi connectivity index (χ4v) is 2.07. The van der Waals surface area contributed by atoms with Crippen LogP contribution in [0.5, 0.6) is 0 Å². The van der Waals surface area contributed by atoms with Gasteiger partial charge < -0.3 is 10.1 Å². The van der Waals surface area contributed by atoms with Gasteiger partial charge in [0, 0.05) is 18.5 Å². The summed E-state index contributed by atoms with van der Waals surface area (Å²) < 4.78 is 5.84. The smallest absolute Gasteiger partial charge is 0.0820 e. The second-order valence-electron chi connectivity index (χ2n) is 4.76. The zero-order valence-electron chi connectivity index (χ0n) is 11.6. The normalized spacial score (nSPS) is 13.7. The first-order valence-electron chi connectivity index (χ1n) is 6.31. The molecule has 3 heteroatoms. The van der Waals surface area contributed by atoms with Crippen molar-refractivity contribution in [1.29, 1.82) is 0 Å². The van der Waals surface area contributed by atoms with Crippen LogP contribution < -0.4 is 5.32 Å². The summed E-state index contributed by atoms with van der Waals surface area (Å²) in [6.07, 6.45) is 1.93. The monoisotopic (exact) mass is 236 g/mol. The van der Waals surface area contributed by atoms with Crippen molar-refractivity contribution < 1.29 is 4.74 Å². The molecule has 0 saturated carbocycles. The molecule has 1 N–H and O–H groups in total. The van der Waals surface area contributed by atoms with Gasteiger partial charge in [-0.05, 0) is 45.9 Å². The maximum Gasteiger partial charge on any atom is 0.0820 e. The van der Waals surface area contributed by atoms with Gasteiger partial charge in [0.1, 0.15) is 0 Å². The molecule has 0 radical (unpaired) electrons. The Morgan fingerprint density at radius 2 is 2.06 bits per heavy atom. The van der Waals surface area contributed by atoms with Crippen LogP contribution in [0.25, 0.3) is 0 Å². The third-order valence-electron chi connectivity index (χ3n) is 2.89. The van der Waals surface area contributed by atoms with Crippen molar-refractivity contribution in [2.45, 2.75) is 46.3 Å². The minimum Gasteiger partial charge on any atom is -0.374 e. The van der Waals surface area contributed by atoms with Crippen LogP contribution in [-0.4, -0.2) is 23.7 Å². The van der Waals surface area contributed by atoms with Crippen molar-refractivity contribution in [1.82, 2.24) is 10.3 Å². The van der Waals surface area contributed by atoms with Crippen LogP contribution in [0.2, 0.25) is 0 Å². The molecule has 1 rings (SSSR count). The molecule has 1 atom stereocenters. The molecule has 0 amide bonds. The topological polar surface area (TPSA) is 34.2 Å². The van der Waals surface area contributed by atoms with Crippen molar-refractivity contribution in [3.8, 4) is 0 Å². The highest BCUT2D eigenvalue weighted by Crippen LogP contribution is 2.28. The summed E-state index contributed by atoms with van der Waals surface area (Å²) in [4.78, 5) is 4.36. The largest absolute Gasteiger partial charge is 0.374 e. The molecule has 1 aromatic heterocycles. The average molecular weight is 236 g/mol. The van der Waals surface area contributed by atoms with Gasteiger partial charge in [-0.2, -0.15) is 0 Å². The first kappa shape index (κ1) is 14.1. The summed E-state index contributed by atoms with van der Waals surface area (Å²) in [6, 6.07) is 4.33. The maximum atomic E-state index is 5.84. The minimum atomic E-state index is -0.234. The summed E-state index contributed by atoms with van der Waals surface area (Å²) in [5.74, 6) is 0. The Morgan fingerprint density at radius 1 is 1.35 bits per heavy atom. The third-order valence-corrected chi connectivity index (χ3v) is 2.89. The first-order valence-corrected chi connectivity index (χ1v) is 6.31. The number of ether oxygens (including phenoxy) is 1. The molecule has 1 heterocycles. The molecule has 0 saturated heterocycles. The Kier molecular flexibility index (Phi) is 5.09. The van der Waals surface area contributed by atoms with Crippen LogP contribution >= 0.6 is 0 Å². The summed E-state index contributed by atoms with van der Waals surface area (Å²) in [6.45, 7) is 12.0. The quantitative estimate of drug-likeness (QED) is 0.824. The summed E-state index contributed by atoms with van der Waals surface area (Å²) >= 11 is 0. The number of aryl methyl sites for hydroxylation is 1. The summed E-state index contributed by atoms with van der Waals surface area (Å²) in [5, 5.41) is 3.48. The van der Waals surface area contributed by atoms with E-state index in [1.165, 1.54) is 5.56 Å². The lowest BCUT2D eigenvalue weighted by Crippen LogP contribution is -2.41. The highest BCUT2D eigenvalue weighted by atomic mass is 16.5. The van der Waals surface area contributed by atoms with Crippen LogP contribution in [-0.2, 0) is 4.74 Å². The molecule has 0 bridgehead atoms. The van der Waals surface area contributed by atoms with Crippen molar-refractivity contribution in [3.05, 3.63) is 29.6 Å². The predicted molar refractivity (Wildman–Crippen MR) is 71.1 cm³/mol. The standard InChI is InChI=1S/C14H24N2O/c1-6-15-13(14(4,5)17-7-2)12-9-8-11(3)16-10-12/h8-10,13,15H,6-7H2,1-5H3. The zero-order chi connectivity index (χ0) is 12.9. The van der Waals surface area contributed by atoms with Crippen molar-refractivity contribution in [2.75, 3.05) is 13.2 Å². The average Bonchev–Trinajstić information content (AvgIpc) is 2.27. The van der Waals surface area contributed by atoms with E-state index in [4.69, 9.17) is 4.74 Å². The molecular formula is C14H24N2O. The van der Waals surface area contributed by atoms with Crippen molar-refractivity contribution in [3.63, 3.8) is 0 Å². The number of hydrogen-bond acceptors (Lipinski definition) is 3. The summed E-state index contributed by atoms with van der Waals surface area (Å²) in [7, 11) is 0. The van der Waals surface area contributed by atoms with Gasteiger partial charge in [0.05, 0.1) is 11.6 Å². The van der Waals surface area contributed by atoms with Gasteiger partial charge in [-0.1, -0.05) is 13.0 Å². The lowest BCUT2D eigenvalue weighted by molar-refractivity contribution is -0.0389. The number of aromatic nitrogens is 1. The van der Waals surface area contributed by atoms with Gasteiger partial charge >= 0.3 is 0 Å². The minimum absolute atomic E-state index is 0.167. The van der Waals surface area contributed by atoms with Crippen LogP contribution in [0.3, 0.4) is 0 Å². The van der Waals surface area contributed by atoms with E-state index in [1.807, 2.05) is 26.1 Å². The molecule has 0 aliphatic rings. The molecule has 0 aliphatic heterocycles. The molecule has 3 nitrogen and oxygen atoms in total. The van der Waals surface area contributed by atoms with E-state index in [0.29, 0.717) is 6.61 Å².